The van der Waals surface area contributed by atoms with Gasteiger partial charge in [0, 0.05) is 24.0 Å². The third kappa shape index (κ3) is 2.88. The summed E-state index contributed by atoms with van der Waals surface area (Å²) in [5, 5.41) is 11.1. The molecule has 1 aliphatic rings. The molecule has 0 radical (unpaired) electrons. The van der Waals surface area contributed by atoms with Gasteiger partial charge in [-0.1, -0.05) is 18.2 Å². The van der Waals surface area contributed by atoms with Crippen molar-refractivity contribution in [3.05, 3.63) is 63.4 Å². The van der Waals surface area contributed by atoms with E-state index in [1.165, 1.54) is 10.4 Å². The van der Waals surface area contributed by atoms with Gasteiger partial charge in [-0.2, -0.15) is 5.26 Å². The number of amides is 1. The van der Waals surface area contributed by atoms with Gasteiger partial charge in [-0.3, -0.25) is 4.79 Å². The SMILES string of the molecule is N#Cc1ccccc1/C=C/C(=O)N1CCc2sccc2C1. The third-order valence-corrected chi connectivity index (χ3v) is 4.63. The first kappa shape index (κ1) is 13.6. The van der Waals surface area contributed by atoms with Crippen molar-refractivity contribution in [3.63, 3.8) is 0 Å². The van der Waals surface area contributed by atoms with Gasteiger partial charge in [-0.25, -0.2) is 0 Å². The number of rotatable bonds is 2. The van der Waals surface area contributed by atoms with E-state index in [0.717, 1.165) is 18.5 Å². The number of hydrogen-bond acceptors (Lipinski definition) is 3. The van der Waals surface area contributed by atoms with Gasteiger partial charge in [-0.05, 0) is 41.1 Å². The number of hydrogen-bond donors (Lipinski definition) is 0. The lowest BCUT2D eigenvalue weighted by molar-refractivity contribution is -0.126. The van der Waals surface area contributed by atoms with Gasteiger partial charge in [0.2, 0.25) is 5.91 Å². The summed E-state index contributed by atoms with van der Waals surface area (Å²) in [6.45, 7) is 1.44. The summed E-state index contributed by atoms with van der Waals surface area (Å²) in [6, 6.07) is 11.5. The Morgan fingerprint density at radius 2 is 2.19 bits per heavy atom. The topological polar surface area (TPSA) is 44.1 Å². The van der Waals surface area contributed by atoms with Gasteiger partial charge in [0.05, 0.1) is 11.6 Å². The molecule has 3 rings (SSSR count). The Hall–Kier alpha value is -2.38. The first-order valence-corrected chi connectivity index (χ1v) is 7.67. The van der Waals surface area contributed by atoms with Gasteiger partial charge in [0.15, 0.2) is 0 Å². The molecule has 0 saturated carbocycles. The average Bonchev–Trinajstić information content (AvgIpc) is 3.00. The van der Waals surface area contributed by atoms with E-state index in [-0.39, 0.29) is 5.91 Å². The summed E-state index contributed by atoms with van der Waals surface area (Å²) in [5.41, 5.74) is 2.62. The number of carbonyl (C=O) groups excluding carboxylic acids is 1. The Labute approximate surface area is 127 Å². The zero-order chi connectivity index (χ0) is 14.7. The van der Waals surface area contributed by atoms with Crippen LogP contribution in [0.15, 0.2) is 41.8 Å². The van der Waals surface area contributed by atoms with Crippen molar-refractivity contribution in [2.45, 2.75) is 13.0 Å². The van der Waals surface area contributed by atoms with E-state index in [0.29, 0.717) is 12.1 Å². The first-order chi connectivity index (χ1) is 10.3. The molecule has 0 saturated heterocycles. The summed E-state index contributed by atoms with van der Waals surface area (Å²) < 4.78 is 0. The van der Waals surface area contributed by atoms with Crippen molar-refractivity contribution >= 4 is 23.3 Å². The summed E-state index contributed by atoms with van der Waals surface area (Å²) >= 11 is 1.76. The minimum atomic E-state index is -0.000377. The average molecular weight is 294 g/mol. The molecule has 0 bridgehead atoms. The largest absolute Gasteiger partial charge is 0.334 e. The Bertz CT molecular complexity index is 739. The first-order valence-electron chi connectivity index (χ1n) is 6.79. The Morgan fingerprint density at radius 3 is 3.05 bits per heavy atom. The normalized spacial score (nSPS) is 14.0. The third-order valence-electron chi connectivity index (χ3n) is 3.61. The number of fused-ring (bicyclic) bond motifs is 1. The highest BCUT2D eigenvalue weighted by atomic mass is 32.1. The van der Waals surface area contributed by atoms with E-state index in [1.807, 2.05) is 23.1 Å². The van der Waals surface area contributed by atoms with Crippen LogP contribution in [0, 0.1) is 11.3 Å². The molecular weight excluding hydrogens is 280 g/mol. The number of carbonyl (C=O) groups is 1. The molecule has 1 aromatic heterocycles. The van der Waals surface area contributed by atoms with Crippen molar-refractivity contribution in [1.82, 2.24) is 4.90 Å². The molecule has 0 atom stereocenters. The fraction of sp³-hybridized carbons (Fsp3) is 0.176. The zero-order valence-electron chi connectivity index (χ0n) is 11.5. The summed E-state index contributed by atoms with van der Waals surface area (Å²) in [7, 11) is 0. The molecule has 2 aromatic rings. The lowest BCUT2D eigenvalue weighted by Gasteiger charge is -2.25. The van der Waals surface area contributed by atoms with Crippen molar-refractivity contribution < 1.29 is 4.79 Å². The zero-order valence-corrected chi connectivity index (χ0v) is 12.3. The van der Waals surface area contributed by atoms with Crippen LogP contribution in [0.25, 0.3) is 6.08 Å². The fourth-order valence-electron chi connectivity index (χ4n) is 2.45. The monoisotopic (exact) mass is 294 g/mol. The molecule has 21 heavy (non-hydrogen) atoms. The van der Waals surface area contributed by atoms with Crippen LogP contribution in [-0.4, -0.2) is 17.4 Å². The van der Waals surface area contributed by atoms with Gasteiger partial charge in [0.1, 0.15) is 0 Å². The molecule has 4 heteroatoms. The maximum atomic E-state index is 12.3. The highest BCUT2D eigenvalue weighted by molar-refractivity contribution is 7.10. The predicted molar refractivity (Wildman–Crippen MR) is 83.6 cm³/mol. The number of nitrogens with zero attached hydrogens (tertiary/aromatic N) is 2. The molecule has 0 fully saturated rings. The maximum Gasteiger partial charge on any atom is 0.246 e. The summed E-state index contributed by atoms with van der Waals surface area (Å²) in [5.74, 6) is -0.000377. The Balaban J connectivity index is 1.73. The Morgan fingerprint density at radius 1 is 1.33 bits per heavy atom. The smallest absolute Gasteiger partial charge is 0.246 e. The van der Waals surface area contributed by atoms with Crippen molar-refractivity contribution in [1.29, 1.82) is 5.26 Å². The molecule has 1 aliphatic heterocycles. The highest BCUT2D eigenvalue weighted by Gasteiger charge is 2.19. The molecule has 104 valence electrons. The number of benzene rings is 1. The van der Waals surface area contributed by atoms with Crippen molar-refractivity contribution in [2.75, 3.05) is 6.54 Å². The van der Waals surface area contributed by atoms with Crippen LogP contribution in [0.4, 0.5) is 0 Å². The number of thiophene rings is 1. The second-order valence-electron chi connectivity index (χ2n) is 4.91. The highest BCUT2D eigenvalue weighted by Crippen LogP contribution is 2.24. The standard InChI is InChI=1S/C17H14N2OS/c18-11-14-4-2-1-3-13(14)5-6-17(20)19-9-7-16-15(12-19)8-10-21-16/h1-6,8,10H,7,9,12H2/b6-5+. The molecule has 2 heterocycles. The minimum absolute atomic E-state index is 0.000377. The summed E-state index contributed by atoms with van der Waals surface area (Å²) in [6.07, 6.45) is 4.22. The van der Waals surface area contributed by atoms with Crippen LogP contribution in [0.3, 0.4) is 0 Å². The van der Waals surface area contributed by atoms with Gasteiger partial charge < -0.3 is 4.90 Å². The van der Waals surface area contributed by atoms with Crippen molar-refractivity contribution in [3.8, 4) is 6.07 Å². The molecule has 0 N–H and O–H groups in total. The van der Waals surface area contributed by atoms with E-state index in [2.05, 4.69) is 17.5 Å². The van der Waals surface area contributed by atoms with Gasteiger partial charge in [-0.15, -0.1) is 11.3 Å². The second-order valence-corrected chi connectivity index (χ2v) is 5.91. The lowest BCUT2D eigenvalue weighted by Crippen LogP contribution is -2.34. The lowest BCUT2D eigenvalue weighted by atomic mass is 10.1. The van der Waals surface area contributed by atoms with E-state index in [9.17, 15) is 4.79 Å². The molecule has 1 aromatic carbocycles. The van der Waals surface area contributed by atoms with E-state index in [4.69, 9.17) is 5.26 Å². The van der Waals surface area contributed by atoms with Crippen molar-refractivity contribution in [2.24, 2.45) is 0 Å². The van der Waals surface area contributed by atoms with E-state index < -0.39 is 0 Å². The van der Waals surface area contributed by atoms with Crippen LogP contribution in [0.1, 0.15) is 21.6 Å². The molecule has 0 unspecified atom stereocenters. The van der Waals surface area contributed by atoms with Crippen LogP contribution in [-0.2, 0) is 17.8 Å². The van der Waals surface area contributed by atoms with Crippen LogP contribution in [0.2, 0.25) is 0 Å². The van der Waals surface area contributed by atoms with Crippen LogP contribution >= 0.6 is 11.3 Å². The minimum Gasteiger partial charge on any atom is -0.334 e. The molecule has 0 aliphatic carbocycles. The van der Waals surface area contributed by atoms with Crippen LogP contribution in [0.5, 0.6) is 0 Å². The van der Waals surface area contributed by atoms with Gasteiger partial charge in [0.25, 0.3) is 0 Å². The molecule has 3 nitrogen and oxygen atoms in total. The molecular formula is C17H14N2OS. The maximum absolute atomic E-state index is 12.3. The number of nitriles is 1. The quantitative estimate of drug-likeness (QED) is 0.798. The van der Waals surface area contributed by atoms with Gasteiger partial charge >= 0.3 is 0 Å². The van der Waals surface area contributed by atoms with Crippen LogP contribution < -0.4 is 0 Å². The second kappa shape index (κ2) is 5.94. The Kier molecular flexibility index (Phi) is 3.85. The molecule has 0 spiro atoms. The van der Waals surface area contributed by atoms with E-state index >= 15 is 0 Å². The fourth-order valence-corrected chi connectivity index (χ4v) is 3.34. The molecule has 1 amide bonds. The predicted octanol–water partition coefficient (Wildman–Crippen LogP) is 3.22. The van der Waals surface area contributed by atoms with E-state index in [1.54, 1.807) is 29.6 Å². The summed E-state index contributed by atoms with van der Waals surface area (Å²) in [4.78, 5) is 15.5.